The predicted octanol–water partition coefficient (Wildman–Crippen LogP) is 2.68. The largest absolute Gasteiger partial charge is 0.553 e. The average Bonchev–Trinajstić information content (AvgIpc) is 1.88. The van der Waals surface area contributed by atoms with Crippen molar-refractivity contribution in [2.75, 3.05) is 13.2 Å². The number of amides is 1. The summed E-state index contributed by atoms with van der Waals surface area (Å²) >= 11 is 11.2. The van der Waals surface area contributed by atoms with E-state index in [1.807, 2.05) is 6.92 Å². The Bertz CT molecular complexity index is 139. The molecule has 1 amide bonds. The van der Waals surface area contributed by atoms with Crippen molar-refractivity contribution in [2.45, 2.75) is 20.3 Å². The van der Waals surface area contributed by atoms with E-state index in [4.69, 9.17) is 23.6 Å². The molecular weight excluding hydrogens is 189 g/mol. The molecule has 0 aromatic carbocycles. The van der Waals surface area contributed by atoms with E-state index in [9.17, 15) is 4.79 Å². The zero-order chi connectivity index (χ0) is 8.91. The van der Waals surface area contributed by atoms with Gasteiger partial charge in [-0.25, -0.2) is 0 Å². The molecule has 0 atom stereocenters. The van der Waals surface area contributed by atoms with Crippen LogP contribution in [0.1, 0.15) is 20.3 Å². The molecule has 0 saturated carbocycles. The molecule has 66 valence electrons. The Hall–Kier alpha value is 0.01000. The second-order valence-electron chi connectivity index (χ2n) is 2.05. The minimum absolute atomic E-state index is 0.294. The second kappa shape index (κ2) is 4.80. The van der Waals surface area contributed by atoms with Crippen LogP contribution in [0.25, 0.3) is 0 Å². The summed E-state index contributed by atoms with van der Waals surface area (Å²) in [6.45, 7) is 4.25. The van der Waals surface area contributed by atoms with Gasteiger partial charge < -0.3 is 4.74 Å². The average molecular weight is 201 g/mol. The van der Waals surface area contributed by atoms with E-state index in [1.54, 1.807) is 6.92 Å². The summed E-state index contributed by atoms with van der Waals surface area (Å²) in [5.74, 6) is 0. The van der Waals surface area contributed by atoms with Crippen LogP contribution in [0, 0.1) is 0 Å². The minimum Gasteiger partial charge on any atom is -0.418 e. The lowest BCUT2D eigenvalue weighted by Crippen LogP contribution is -2.35. The molecule has 0 saturated heterocycles. The van der Waals surface area contributed by atoms with Gasteiger partial charge in [0.15, 0.2) is 23.6 Å². The first-order valence-electron chi connectivity index (χ1n) is 3.49. The van der Waals surface area contributed by atoms with Gasteiger partial charge in [-0.3, -0.25) is 0 Å². The van der Waals surface area contributed by atoms with Crippen LogP contribution in [0.4, 0.5) is 4.79 Å². The maximum atomic E-state index is 10.9. The molecule has 0 aliphatic rings. The first kappa shape index (κ1) is 11.0. The summed E-state index contributed by atoms with van der Waals surface area (Å²) in [4.78, 5) is 10.9. The Morgan fingerprint density at radius 3 is 2.36 bits per heavy atom. The van der Waals surface area contributed by atoms with E-state index in [1.165, 1.54) is 0 Å². The Labute approximate surface area is 76.6 Å². The lowest BCUT2D eigenvalue weighted by Gasteiger charge is -2.13. The molecule has 0 unspecified atom stereocenters. The molecule has 0 radical (unpaired) electrons. The maximum Gasteiger partial charge on any atom is 0.553 e. The van der Waals surface area contributed by atoms with Crippen LogP contribution in [0.5, 0.6) is 0 Å². The van der Waals surface area contributed by atoms with Crippen LogP contribution < -0.4 is 0 Å². The number of ether oxygens (including phenoxy) is 1. The molecule has 0 aromatic rings. The molecule has 0 N–H and O–H groups in total. The van der Waals surface area contributed by atoms with E-state index in [0.717, 1.165) is 6.42 Å². The Kier molecular flexibility index (Phi) is 4.81. The summed E-state index contributed by atoms with van der Waals surface area (Å²) < 4.78 is 3.90. The zero-order valence-corrected chi connectivity index (χ0v) is 8.15. The molecule has 0 aliphatic carbocycles. The summed E-state index contributed by atoms with van der Waals surface area (Å²) in [6.07, 6.45) is 0.115. The van der Waals surface area contributed by atoms with Gasteiger partial charge >= 0.3 is 6.09 Å². The van der Waals surface area contributed by atoms with Crippen molar-refractivity contribution in [3.05, 3.63) is 0 Å². The Morgan fingerprint density at radius 2 is 2.00 bits per heavy atom. The number of hydrogen-bond acceptors (Lipinski definition) is 2. The molecule has 0 spiro atoms. The number of rotatable bonds is 3. The second-order valence-corrected chi connectivity index (χ2v) is 3.38. The van der Waals surface area contributed by atoms with E-state index in [0.29, 0.717) is 13.2 Å². The van der Waals surface area contributed by atoms with Crippen molar-refractivity contribution in [1.29, 1.82) is 0 Å². The lowest BCUT2D eigenvalue weighted by molar-refractivity contribution is -0.609. The minimum atomic E-state index is -0.732. The quantitative estimate of drug-likeness (QED) is 0.656. The molecular formula is C6H12Cl2NO2+. The van der Waals surface area contributed by atoms with E-state index in [-0.39, 0.29) is 0 Å². The number of halogens is 2. The van der Waals surface area contributed by atoms with Crippen LogP contribution in [-0.4, -0.2) is 22.8 Å². The Morgan fingerprint density at radius 1 is 1.45 bits per heavy atom. The highest BCUT2D eigenvalue weighted by Gasteiger charge is 2.36. The van der Waals surface area contributed by atoms with E-state index in [2.05, 4.69) is 4.74 Å². The van der Waals surface area contributed by atoms with E-state index < -0.39 is 9.61 Å². The molecule has 0 fully saturated rings. The number of quaternary nitrogens is 1. The van der Waals surface area contributed by atoms with Gasteiger partial charge in [0, 0.05) is 0 Å². The van der Waals surface area contributed by atoms with Crippen LogP contribution in [0.3, 0.4) is 0 Å². The smallest absolute Gasteiger partial charge is 0.418 e. The zero-order valence-electron chi connectivity index (χ0n) is 6.64. The number of nitrogens with zero attached hydrogens (tertiary/aromatic N) is 1. The molecule has 11 heavy (non-hydrogen) atoms. The van der Waals surface area contributed by atoms with Crippen molar-refractivity contribution in [3.8, 4) is 0 Å². The SMILES string of the molecule is CCC[N+](Cl)(Cl)C(=O)OCC. The van der Waals surface area contributed by atoms with Gasteiger partial charge in [0.2, 0.25) is 0 Å². The monoisotopic (exact) mass is 200 g/mol. The maximum absolute atomic E-state index is 10.9. The first-order chi connectivity index (χ1) is 5.04. The van der Waals surface area contributed by atoms with Gasteiger partial charge in [-0.2, -0.15) is 4.79 Å². The van der Waals surface area contributed by atoms with Gasteiger partial charge in [-0.15, -0.1) is 0 Å². The van der Waals surface area contributed by atoms with Crippen molar-refractivity contribution in [3.63, 3.8) is 0 Å². The number of hydrogen-bond donors (Lipinski definition) is 0. The van der Waals surface area contributed by atoms with Gasteiger partial charge in [0.05, 0.1) is 6.61 Å². The van der Waals surface area contributed by atoms with Crippen LogP contribution >= 0.6 is 23.6 Å². The standard InChI is InChI=1S/C6H12Cl2NO2/c1-3-5-9(7,8)6(10)11-4-2/h3-5H2,1-2H3/q+1. The van der Waals surface area contributed by atoms with Crippen molar-refractivity contribution in [1.82, 2.24) is 0 Å². The third kappa shape index (κ3) is 3.79. The van der Waals surface area contributed by atoms with Crippen LogP contribution in [0.2, 0.25) is 0 Å². The summed E-state index contributed by atoms with van der Waals surface area (Å²) in [5, 5.41) is 0. The van der Waals surface area contributed by atoms with Crippen LogP contribution in [-0.2, 0) is 4.74 Å². The normalized spacial score (nSPS) is 11.3. The number of carbonyl (C=O) groups excluding carboxylic acids is 1. The van der Waals surface area contributed by atoms with E-state index >= 15 is 0 Å². The fraction of sp³-hybridized carbons (Fsp3) is 0.833. The summed E-state index contributed by atoms with van der Waals surface area (Å²) in [7, 11) is 0. The number of carbonyl (C=O) groups is 1. The van der Waals surface area contributed by atoms with Gasteiger partial charge in [-0.1, -0.05) is 6.92 Å². The third-order valence-electron chi connectivity index (χ3n) is 1.04. The van der Waals surface area contributed by atoms with Crippen molar-refractivity contribution in [2.24, 2.45) is 0 Å². The van der Waals surface area contributed by atoms with Crippen molar-refractivity contribution < 1.29 is 13.1 Å². The Balaban J connectivity index is 3.94. The molecule has 0 aromatic heterocycles. The molecule has 0 bridgehead atoms. The lowest BCUT2D eigenvalue weighted by atomic mass is 10.5. The fourth-order valence-electron chi connectivity index (χ4n) is 0.590. The molecule has 0 heterocycles. The molecule has 0 rings (SSSR count). The highest BCUT2D eigenvalue weighted by atomic mass is 35.5. The summed E-state index contributed by atoms with van der Waals surface area (Å²) in [6, 6.07) is 0. The highest BCUT2D eigenvalue weighted by Crippen LogP contribution is 2.20. The third-order valence-corrected chi connectivity index (χ3v) is 1.65. The summed E-state index contributed by atoms with van der Waals surface area (Å²) in [5.41, 5.74) is 0. The van der Waals surface area contributed by atoms with Crippen molar-refractivity contribution >= 4 is 29.6 Å². The van der Waals surface area contributed by atoms with Gasteiger partial charge in [0.25, 0.3) is 0 Å². The molecule has 5 heteroatoms. The van der Waals surface area contributed by atoms with Crippen LogP contribution in [0.15, 0.2) is 0 Å². The topological polar surface area (TPSA) is 26.3 Å². The highest BCUT2D eigenvalue weighted by molar-refractivity contribution is 6.28. The fourth-order valence-corrected chi connectivity index (χ4v) is 1.03. The molecule has 0 aliphatic heterocycles. The predicted molar refractivity (Wildman–Crippen MR) is 44.1 cm³/mol. The van der Waals surface area contributed by atoms with Gasteiger partial charge in [-0.05, 0) is 16.9 Å². The van der Waals surface area contributed by atoms with Gasteiger partial charge in [0.1, 0.15) is 6.54 Å². The first-order valence-corrected chi connectivity index (χ1v) is 4.17. The molecule has 3 nitrogen and oxygen atoms in total.